The van der Waals surface area contributed by atoms with Crippen molar-refractivity contribution >= 4 is 21.2 Å². The first-order valence-corrected chi connectivity index (χ1v) is 17.0. The van der Waals surface area contributed by atoms with Gasteiger partial charge in [-0.15, -0.1) is 0 Å². The number of rotatable bonds is 10. The van der Waals surface area contributed by atoms with E-state index in [0.29, 0.717) is 23.3 Å². The SMILES string of the molecule is Cc1ccc(S(=O)(=O)n2cc(C(C)C)c3nc(Cc4c(C)cc(-n5ncc(=O)n(COCc6ccccc6)c5=O)cc4C)cnc32)cc1. The van der Waals surface area contributed by atoms with Crippen molar-refractivity contribution < 1.29 is 13.2 Å². The number of nitrogens with zero attached hydrogens (tertiary/aromatic N) is 6. The van der Waals surface area contributed by atoms with E-state index in [1.807, 2.05) is 77.1 Å². The molecule has 48 heavy (non-hydrogen) atoms. The number of hydrogen-bond donors (Lipinski definition) is 0. The largest absolute Gasteiger partial charge is 0.356 e. The van der Waals surface area contributed by atoms with Gasteiger partial charge in [0, 0.05) is 18.2 Å². The molecule has 0 bridgehead atoms. The van der Waals surface area contributed by atoms with Gasteiger partial charge in [-0.3, -0.25) is 4.79 Å². The van der Waals surface area contributed by atoms with Gasteiger partial charge in [0.05, 0.1) is 29.1 Å². The molecule has 0 N–H and O–H groups in total. The summed E-state index contributed by atoms with van der Waals surface area (Å²) in [4.78, 5) is 35.6. The molecule has 0 saturated carbocycles. The minimum Gasteiger partial charge on any atom is -0.356 e. The summed E-state index contributed by atoms with van der Waals surface area (Å²) >= 11 is 0. The monoisotopic (exact) mass is 664 g/mol. The maximum Gasteiger partial charge on any atom is 0.354 e. The third-order valence-electron chi connectivity index (χ3n) is 8.32. The molecule has 0 aliphatic heterocycles. The van der Waals surface area contributed by atoms with E-state index in [2.05, 4.69) is 10.1 Å². The summed E-state index contributed by atoms with van der Waals surface area (Å²) < 4.78 is 36.3. The highest BCUT2D eigenvalue weighted by Crippen LogP contribution is 2.29. The fourth-order valence-corrected chi connectivity index (χ4v) is 6.97. The van der Waals surface area contributed by atoms with Crippen LogP contribution in [0.5, 0.6) is 0 Å². The summed E-state index contributed by atoms with van der Waals surface area (Å²) in [6.45, 7) is 9.81. The molecule has 12 heteroatoms. The Labute approximate surface area is 278 Å². The summed E-state index contributed by atoms with van der Waals surface area (Å²) in [5.74, 6) is 0.00657. The van der Waals surface area contributed by atoms with Crippen LogP contribution in [0.4, 0.5) is 0 Å². The molecular formula is C36H36N6O5S. The minimum absolute atomic E-state index is 0.00657. The van der Waals surface area contributed by atoms with Gasteiger partial charge in [0.25, 0.3) is 15.6 Å². The molecule has 0 radical (unpaired) electrons. The summed E-state index contributed by atoms with van der Waals surface area (Å²) in [7, 11) is -3.89. The molecule has 0 amide bonds. The lowest BCUT2D eigenvalue weighted by atomic mass is 9.97. The van der Waals surface area contributed by atoms with Gasteiger partial charge < -0.3 is 4.74 Å². The Hall–Kier alpha value is -5.20. The summed E-state index contributed by atoms with van der Waals surface area (Å²) in [6.07, 6.45) is 4.77. The number of hydrogen-bond acceptors (Lipinski definition) is 8. The summed E-state index contributed by atoms with van der Waals surface area (Å²) in [6, 6.07) is 19.9. The zero-order chi connectivity index (χ0) is 34.2. The standard InChI is InChI=1S/C36H36N6O5S/c1-23(2)32-20-41(48(45,46)30-13-11-24(3)12-14-30)35-34(32)39-28(18-37-35)17-31-25(4)15-29(16-26(31)5)42-36(44)40(33(43)19-38-42)22-47-21-27-9-7-6-8-10-27/h6-16,18-20,23H,17,21-22H2,1-5H3. The average Bonchev–Trinajstić information content (AvgIpc) is 3.45. The lowest BCUT2D eigenvalue weighted by Crippen LogP contribution is -2.40. The Kier molecular flexibility index (Phi) is 8.95. The van der Waals surface area contributed by atoms with Crippen LogP contribution in [0.15, 0.2) is 99.8 Å². The maximum absolute atomic E-state index is 13.6. The molecule has 3 heterocycles. The van der Waals surface area contributed by atoms with Crippen molar-refractivity contribution in [2.75, 3.05) is 0 Å². The van der Waals surface area contributed by atoms with E-state index in [9.17, 15) is 18.0 Å². The minimum atomic E-state index is -3.89. The van der Waals surface area contributed by atoms with Gasteiger partial charge in [-0.05, 0) is 73.2 Å². The van der Waals surface area contributed by atoms with E-state index in [-0.39, 0.29) is 29.8 Å². The quantitative estimate of drug-likeness (QED) is 0.196. The third kappa shape index (κ3) is 6.36. The molecule has 0 saturated heterocycles. The van der Waals surface area contributed by atoms with Gasteiger partial charge in [0.1, 0.15) is 18.4 Å². The number of aromatic nitrogens is 6. The first-order chi connectivity index (χ1) is 22.9. The Morgan fingerprint density at radius 2 is 1.58 bits per heavy atom. The van der Waals surface area contributed by atoms with E-state index in [4.69, 9.17) is 9.72 Å². The van der Waals surface area contributed by atoms with Crippen LogP contribution in [0.2, 0.25) is 0 Å². The number of fused-ring (bicyclic) bond motifs is 1. The van der Waals surface area contributed by atoms with Crippen molar-refractivity contribution in [2.24, 2.45) is 0 Å². The van der Waals surface area contributed by atoms with Gasteiger partial charge >= 0.3 is 5.69 Å². The second-order valence-electron chi connectivity index (χ2n) is 12.2. The first kappa shape index (κ1) is 32.7. The fraction of sp³-hybridized carbons (Fsp3) is 0.250. The maximum atomic E-state index is 13.6. The molecule has 0 fully saturated rings. The normalized spacial score (nSPS) is 11.9. The van der Waals surface area contributed by atoms with Crippen molar-refractivity contribution in [2.45, 2.75) is 65.2 Å². The molecule has 6 aromatic rings. The number of ether oxygens (including phenoxy) is 1. The second-order valence-corrected chi connectivity index (χ2v) is 14.0. The molecule has 6 rings (SSSR count). The Balaban J connectivity index is 1.30. The van der Waals surface area contributed by atoms with Crippen molar-refractivity contribution in [3.63, 3.8) is 0 Å². The Morgan fingerprint density at radius 1 is 0.896 bits per heavy atom. The molecule has 0 atom stereocenters. The van der Waals surface area contributed by atoms with Crippen LogP contribution in [0, 0.1) is 20.8 Å². The average molecular weight is 665 g/mol. The third-order valence-corrected chi connectivity index (χ3v) is 9.98. The highest BCUT2D eigenvalue weighted by atomic mass is 32.2. The summed E-state index contributed by atoms with van der Waals surface area (Å²) in [5.41, 5.74) is 6.29. The van der Waals surface area contributed by atoms with Crippen LogP contribution in [-0.2, 0) is 34.5 Å². The van der Waals surface area contributed by atoms with Crippen LogP contribution in [0.25, 0.3) is 16.9 Å². The summed E-state index contributed by atoms with van der Waals surface area (Å²) in [5, 5.41) is 4.12. The van der Waals surface area contributed by atoms with Crippen LogP contribution >= 0.6 is 0 Å². The smallest absolute Gasteiger partial charge is 0.354 e. The van der Waals surface area contributed by atoms with Gasteiger partial charge in [-0.25, -0.2) is 31.7 Å². The van der Waals surface area contributed by atoms with E-state index in [1.165, 1.54) is 8.65 Å². The van der Waals surface area contributed by atoms with Crippen LogP contribution in [0.1, 0.15) is 58.8 Å². The van der Waals surface area contributed by atoms with Crippen LogP contribution in [0.3, 0.4) is 0 Å². The highest BCUT2D eigenvalue weighted by Gasteiger charge is 2.24. The number of aryl methyl sites for hydroxylation is 3. The van der Waals surface area contributed by atoms with E-state index < -0.39 is 21.3 Å². The van der Waals surface area contributed by atoms with Crippen molar-refractivity contribution in [3.05, 3.63) is 145 Å². The number of benzene rings is 3. The predicted molar refractivity (Wildman–Crippen MR) is 183 cm³/mol. The molecule has 0 spiro atoms. The molecule has 11 nitrogen and oxygen atoms in total. The molecule has 246 valence electrons. The lowest BCUT2D eigenvalue weighted by Gasteiger charge is -2.14. The zero-order valence-corrected chi connectivity index (χ0v) is 28.2. The molecule has 3 aromatic heterocycles. The van der Waals surface area contributed by atoms with Gasteiger partial charge in [-0.1, -0.05) is 61.9 Å². The molecule has 3 aromatic carbocycles. The Bertz CT molecular complexity index is 2340. The fourth-order valence-electron chi connectivity index (χ4n) is 5.65. The van der Waals surface area contributed by atoms with Gasteiger partial charge in [-0.2, -0.15) is 9.78 Å². The molecule has 0 aliphatic carbocycles. The van der Waals surface area contributed by atoms with Crippen LogP contribution < -0.4 is 11.2 Å². The lowest BCUT2D eigenvalue weighted by molar-refractivity contribution is 0.0578. The van der Waals surface area contributed by atoms with Crippen molar-refractivity contribution in [1.29, 1.82) is 0 Å². The van der Waals surface area contributed by atoms with Crippen molar-refractivity contribution in [3.8, 4) is 5.69 Å². The van der Waals surface area contributed by atoms with E-state index in [0.717, 1.165) is 44.1 Å². The topological polar surface area (TPSA) is 131 Å². The Morgan fingerprint density at radius 3 is 2.25 bits per heavy atom. The predicted octanol–water partition coefficient (Wildman–Crippen LogP) is 5.19. The molecular weight excluding hydrogens is 629 g/mol. The molecule has 0 aliphatic rings. The molecule has 0 unspecified atom stereocenters. The first-order valence-electron chi connectivity index (χ1n) is 15.5. The highest BCUT2D eigenvalue weighted by molar-refractivity contribution is 7.90. The second kappa shape index (κ2) is 13.1. The van der Waals surface area contributed by atoms with E-state index in [1.54, 1.807) is 36.7 Å². The van der Waals surface area contributed by atoms with E-state index >= 15 is 0 Å². The zero-order valence-electron chi connectivity index (χ0n) is 27.4. The van der Waals surface area contributed by atoms with Gasteiger partial charge in [0.15, 0.2) is 5.65 Å². The van der Waals surface area contributed by atoms with Crippen molar-refractivity contribution in [1.82, 2.24) is 28.3 Å². The van der Waals surface area contributed by atoms with Crippen LogP contribution in [-0.4, -0.2) is 36.7 Å². The van der Waals surface area contributed by atoms with Gasteiger partial charge in [0.2, 0.25) is 0 Å².